The van der Waals surface area contributed by atoms with Gasteiger partial charge in [-0.1, -0.05) is 6.07 Å². The van der Waals surface area contributed by atoms with Gasteiger partial charge in [0, 0.05) is 11.6 Å². The number of rotatable bonds is 4. The molecule has 0 radical (unpaired) electrons. The molecule has 0 saturated heterocycles. The van der Waals surface area contributed by atoms with E-state index in [0.29, 0.717) is 18.5 Å². The van der Waals surface area contributed by atoms with Crippen LogP contribution in [0.1, 0.15) is 33.9 Å². The Morgan fingerprint density at radius 2 is 2.06 bits per heavy atom. The van der Waals surface area contributed by atoms with Gasteiger partial charge in [-0.3, -0.25) is 0 Å². The fourth-order valence-electron chi connectivity index (χ4n) is 1.59. The molecule has 1 aromatic rings. The van der Waals surface area contributed by atoms with Crippen molar-refractivity contribution in [2.75, 3.05) is 6.54 Å². The number of carboxylic acid groups (broad SMARTS) is 1. The highest BCUT2D eigenvalue weighted by atomic mass is 35.5. The molecule has 0 aliphatic carbocycles. The third-order valence-corrected chi connectivity index (χ3v) is 2.39. The molecule has 1 aromatic carbocycles. The van der Waals surface area contributed by atoms with Gasteiger partial charge >= 0.3 is 5.97 Å². The van der Waals surface area contributed by atoms with Gasteiger partial charge in [0.2, 0.25) is 0 Å². The molecule has 0 spiro atoms. The number of aromatic carboxylic acids is 1. The van der Waals surface area contributed by atoms with Crippen molar-refractivity contribution in [2.45, 2.75) is 19.4 Å². The van der Waals surface area contributed by atoms with Crippen LogP contribution in [0.25, 0.3) is 0 Å². The number of nitrogens with two attached hydrogens (primary N) is 2. The first-order valence-electron chi connectivity index (χ1n) is 4.99. The molecule has 0 aromatic heterocycles. The van der Waals surface area contributed by atoms with Crippen molar-refractivity contribution < 1.29 is 15.0 Å². The SMILES string of the molecule is Cc1cc(C(=O)O)c(O)c([C@H](N)CCN)c1.Cl. The average molecular weight is 261 g/mol. The van der Waals surface area contributed by atoms with Gasteiger partial charge in [0.05, 0.1) is 0 Å². The van der Waals surface area contributed by atoms with E-state index in [2.05, 4.69) is 0 Å². The van der Waals surface area contributed by atoms with E-state index in [-0.39, 0.29) is 23.7 Å². The lowest BCUT2D eigenvalue weighted by molar-refractivity contribution is 0.0693. The second kappa shape index (κ2) is 6.44. The van der Waals surface area contributed by atoms with Gasteiger partial charge in [-0.25, -0.2) is 4.79 Å². The number of benzene rings is 1. The predicted octanol–water partition coefficient (Wildman–Crippen LogP) is 1.17. The summed E-state index contributed by atoms with van der Waals surface area (Å²) >= 11 is 0. The van der Waals surface area contributed by atoms with Gasteiger partial charge in [-0.05, 0) is 31.5 Å². The summed E-state index contributed by atoms with van der Waals surface area (Å²) in [5, 5.41) is 18.7. The van der Waals surface area contributed by atoms with Crippen LogP contribution in [0.15, 0.2) is 12.1 Å². The van der Waals surface area contributed by atoms with Crippen molar-refractivity contribution in [3.05, 3.63) is 28.8 Å². The van der Waals surface area contributed by atoms with Crippen LogP contribution in [-0.4, -0.2) is 22.7 Å². The molecule has 17 heavy (non-hydrogen) atoms. The maximum atomic E-state index is 10.9. The minimum atomic E-state index is -1.16. The lowest BCUT2D eigenvalue weighted by Crippen LogP contribution is -2.16. The number of hydrogen-bond acceptors (Lipinski definition) is 4. The number of hydrogen-bond donors (Lipinski definition) is 4. The topological polar surface area (TPSA) is 110 Å². The average Bonchev–Trinajstić information content (AvgIpc) is 2.20. The Morgan fingerprint density at radius 3 is 2.53 bits per heavy atom. The highest BCUT2D eigenvalue weighted by Gasteiger charge is 2.18. The van der Waals surface area contributed by atoms with E-state index in [1.807, 2.05) is 0 Å². The van der Waals surface area contributed by atoms with Gasteiger partial charge in [0.25, 0.3) is 0 Å². The molecule has 0 fully saturated rings. The predicted molar refractivity (Wildman–Crippen MR) is 67.7 cm³/mol. The molecule has 0 bridgehead atoms. The van der Waals surface area contributed by atoms with Crippen molar-refractivity contribution in [3.63, 3.8) is 0 Å². The molecule has 0 aliphatic heterocycles. The molecule has 1 rings (SSSR count). The quantitative estimate of drug-likeness (QED) is 0.650. The first kappa shape index (κ1) is 15.7. The van der Waals surface area contributed by atoms with Crippen molar-refractivity contribution in [1.82, 2.24) is 0 Å². The summed E-state index contributed by atoms with van der Waals surface area (Å²) in [6, 6.07) is 2.65. The van der Waals surface area contributed by atoms with E-state index in [0.717, 1.165) is 5.56 Å². The van der Waals surface area contributed by atoms with E-state index in [1.165, 1.54) is 6.07 Å². The molecule has 6 heteroatoms. The Kier molecular flexibility index (Phi) is 5.95. The van der Waals surface area contributed by atoms with Gasteiger partial charge < -0.3 is 21.7 Å². The zero-order chi connectivity index (χ0) is 12.3. The third kappa shape index (κ3) is 3.59. The number of carbonyl (C=O) groups is 1. The number of phenols is 1. The molecule has 6 N–H and O–H groups in total. The molecule has 1 atom stereocenters. The molecule has 0 saturated carbocycles. The fourth-order valence-corrected chi connectivity index (χ4v) is 1.59. The Balaban J connectivity index is 0.00000256. The summed E-state index contributed by atoms with van der Waals surface area (Å²) in [4.78, 5) is 10.9. The molecule has 0 amide bonds. The van der Waals surface area contributed by atoms with Crippen LogP contribution < -0.4 is 11.5 Å². The number of aryl methyl sites for hydroxylation is 1. The monoisotopic (exact) mass is 260 g/mol. The lowest BCUT2D eigenvalue weighted by atomic mass is 9.97. The molecule has 5 nitrogen and oxygen atoms in total. The second-order valence-electron chi connectivity index (χ2n) is 3.74. The summed E-state index contributed by atoms with van der Waals surface area (Å²) < 4.78 is 0. The maximum Gasteiger partial charge on any atom is 0.339 e. The van der Waals surface area contributed by atoms with Gasteiger partial charge in [0.15, 0.2) is 0 Å². The summed E-state index contributed by atoms with van der Waals surface area (Å²) in [7, 11) is 0. The highest BCUT2D eigenvalue weighted by Crippen LogP contribution is 2.29. The Labute approximate surface area is 106 Å². The van der Waals surface area contributed by atoms with Gasteiger partial charge in [0.1, 0.15) is 11.3 Å². The highest BCUT2D eigenvalue weighted by molar-refractivity contribution is 5.91. The maximum absolute atomic E-state index is 10.9. The van der Waals surface area contributed by atoms with Crippen molar-refractivity contribution in [1.29, 1.82) is 0 Å². The minimum Gasteiger partial charge on any atom is -0.507 e. The number of aromatic hydroxyl groups is 1. The molecule has 0 heterocycles. The lowest BCUT2D eigenvalue weighted by Gasteiger charge is -2.15. The largest absolute Gasteiger partial charge is 0.507 e. The zero-order valence-corrected chi connectivity index (χ0v) is 10.3. The van der Waals surface area contributed by atoms with Crippen molar-refractivity contribution in [3.8, 4) is 5.75 Å². The summed E-state index contributed by atoms with van der Waals surface area (Å²) in [6.07, 6.45) is 0.496. The summed E-state index contributed by atoms with van der Waals surface area (Å²) in [5.41, 5.74) is 12.2. The Morgan fingerprint density at radius 1 is 1.47 bits per heavy atom. The van der Waals surface area contributed by atoms with Crippen LogP contribution in [0.3, 0.4) is 0 Å². The van der Waals surface area contributed by atoms with Crippen molar-refractivity contribution in [2.24, 2.45) is 11.5 Å². The minimum absolute atomic E-state index is 0. The van der Waals surface area contributed by atoms with E-state index in [9.17, 15) is 9.90 Å². The standard InChI is InChI=1S/C11H16N2O3.ClH/c1-6-4-7(9(13)2-3-12)10(14)8(5-6)11(15)16;/h4-5,9,14H,2-3,12-13H2,1H3,(H,15,16);1H/t9-;/m1./s1. The van der Waals surface area contributed by atoms with Crippen LogP contribution in [-0.2, 0) is 0 Å². The first-order valence-corrected chi connectivity index (χ1v) is 4.99. The molecule has 96 valence electrons. The van der Waals surface area contributed by atoms with Crippen LogP contribution >= 0.6 is 12.4 Å². The molecule has 0 unspecified atom stereocenters. The van der Waals surface area contributed by atoms with Crippen LogP contribution in [0.2, 0.25) is 0 Å². The normalized spacial score (nSPS) is 11.7. The van der Waals surface area contributed by atoms with Crippen LogP contribution in [0.5, 0.6) is 5.75 Å². The smallest absolute Gasteiger partial charge is 0.339 e. The molecule has 0 aliphatic rings. The molecular weight excluding hydrogens is 244 g/mol. The van der Waals surface area contributed by atoms with E-state index in [4.69, 9.17) is 16.6 Å². The van der Waals surface area contributed by atoms with E-state index < -0.39 is 12.0 Å². The Bertz CT molecular complexity index is 410. The number of carboxylic acids is 1. The fraction of sp³-hybridized carbons (Fsp3) is 0.364. The van der Waals surface area contributed by atoms with Crippen LogP contribution in [0, 0.1) is 6.92 Å². The zero-order valence-electron chi connectivity index (χ0n) is 9.51. The third-order valence-electron chi connectivity index (χ3n) is 2.39. The summed E-state index contributed by atoms with van der Waals surface area (Å²) in [5.74, 6) is -1.43. The first-order chi connectivity index (χ1) is 7.47. The number of halogens is 1. The van der Waals surface area contributed by atoms with Gasteiger partial charge in [-0.2, -0.15) is 0 Å². The summed E-state index contributed by atoms with van der Waals surface area (Å²) in [6.45, 7) is 2.14. The van der Waals surface area contributed by atoms with Crippen molar-refractivity contribution >= 4 is 18.4 Å². The molecular formula is C11H17ClN2O3. The van der Waals surface area contributed by atoms with E-state index in [1.54, 1.807) is 13.0 Å². The second-order valence-corrected chi connectivity index (χ2v) is 3.74. The van der Waals surface area contributed by atoms with Gasteiger partial charge in [-0.15, -0.1) is 12.4 Å². The van der Waals surface area contributed by atoms with E-state index >= 15 is 0 Å². The Hall–Kier alpha value is -1.30. The van der Waals surface area contributed by atoms with Crippen LogP contribution in [0.4, 0.5) is 0 Å².